The summed E-state index contributed by atoms with van der Waals surface area (Å²) >= 11 is 4.45. The van der Waals surface area contributed by atoms with Gasteiger partial charge in [-0.1, -0.05) is 18.2 Å². The first-order valence-electron chi connectivity index (χ1n) is 5.37. The van der Waals surface area contributed by atoms with Crippen LogP contribution in [0.15, 0.2) is 45.9 Å². The summed E-state index contributed by atoms with van der Waals surface area (Å²) in [5.74, 6) is 0. The van der Waals surface area contributed by atoms with Crippen molar-refractivity contribution < 1.29 is 4.21 Å². The zero-order valence-corrected chi connectivity index (χ0v) is 11.1. The smallest absolute Gasteiger partial charge is 0.201 e. The number of imidazole rings is 1. The van der Waals surface area contributed by atoms with Crippen molar-refractivity contribution in [3.8, 4) is 0 Å². The number of nitrogens with one attached hydrogen (secondary N) is 1. The highest BCUT2D eigenvalue weighted by Gasteiger charge is 2.05. The molecule has 2 rings (SSSR count). The average Bonchev–Trinajstić information content (AvgIpc) is 2.82. The first-order chi connectivity index (χ1) is 8.81. The molecule has 0 aliphatic rings. The highest BCUT2D eigenvalue weighted by atomic mass is 32.2. The topological polar surface area (TPSA) is 58.1 Å². The zero-order valence-electron chi connectivity index (χ0n) is 9.50. The second-order valence-corrected chi connectivity index (χ2v) is 4.93. The number of thiocarbonyl (C=S) groups is 1. The maximum absolute atomic E-state index is 11.9. The van der Waals surface area contributed by atoms with Gasteiger partial charge in [0.25, 0.3) is 0 Å². The standard InChI is InChI=1S/C12H11N3OS2/c16-18(8-4-3-7-13-9-17)12-14-10-5-1-2-6-11(10)15-12/h1-2,4-6,8H,3,7H2,(H,14,15)/b8-4+. The third-order valence-corrected chi connectivity index (χ3v) is 3.39. The first kappa shape index (κ1) is 12.8. The van der Waals surface area contributed by atoms with Crippen molar-refractivity contribution in [2.45, 2.75) is 11.6 Å². The number of para-hydroxylation sites is 2. The van der Waals surface area contributed by atoms with E-state index in [0.717, 1.165) is 11.0 Å². The van der Waals surface area contributed by atoms with Crippen LogP contribution in [0.4, 0.5) is 0 Å². The summed E-state index contributed by atoms with van der Waals surface area (Å²) in [6.07, 6.45) is 2.50. The number of fused-ring (bicyclic) bond motifs is 1. The van der Waals surface area contributed by atoms with Crippen molar-refractivity contribution in [3.05, 3.63) is 35.7 Å². The Morgan fingerprint density at radius 2 is 2.33 bits per heavy atom. The predicted octanol–water partition coefficient (Wildman–Crippen LogP) is 2.68. The molecule has 1 heterocycles. The van der Waals surface area contributed by atoms with Gasteiger partial charge in [0.1, 0.15) is 10.8 Å². The number of isothiocyanates is 1. The predicted molar refractivity (Wildman–Crippen MR) is 76.2 cm³/mol. The minimum absolute atomic E-state index is 0.464. The average molecular weight is 277 g/mol. The summed E-state index contributed by atoms with van der Waals surface area (Å²) in [5.41, 5.74) is 1.71. The molecule has 4 nitrogen and oxygen atoms in total. The van der Waals surface area contributed by atoms with Gasteiger partial charge in [-0.15, -0.1) is 0 Å². The van der Waals surface area contributed by atoms with Crippen LogP contribution in [0.2, 0.25) is 0 Å². The minimum Gasteiger partial charge on any atom is -0.331 e. The molecule has 0 fully saturated rings. The molecule has 1 N–H and O–H groups in total. The highest BCUT2D eigenvalue weighted by molar-refractivity contribution is 7.87. The molecule has 18 heavy (non-hydrogen) atoms. The summed E-state index contributed by atoms with van der Waals surface area (Å²) in [6.45, 7) is 0.567. The number of benzene rings is 1. The Morgan fingerprint density at radius 3 is 3.11 bits per heavy atom. The van der Waals surface area contributed by atoms with Crippen molar-refractivity contribution in [2.24, 2.45) is 4.99 Å². The van der Waals surface area contributed by atoms with Crippen molar-refractivity contribution in [2.75, 3.05) is 6.54 Å². The number of nitrogens with zero attached hydrogens (tertiary/aromatic N) is 2. The second-order valence-electron chi connectivity index (χ2n) is 3.49. The zero-order chi connectivity index (χ0) is 12.8. The van der Waals surface area contributed by atoms with E-state index >= 15 is 0 Å². The number of aromatic nitrogens is 2. The third kappa shape index (κ3) is 3.20. The van der Waals surface area contributed by atoms with Crippen molar-refractivity contribution in [3.63, 3.8) is 0 Å². The molecule has 0 spiro atoms. The van der Waals surface area contributed by atoms with E-state index in [1.165, 1.54) is 0 Å². The fourth-order valence-electron chi connectivity index (χ4n) is 1.43. The SMILES string of the molecule is O=S(/C=C/CCN=C=S)c1nc2ccccc2[nH]1. The summed E-state index contributed by atoms with van der Waals surface area (Å²) in [7, 11) is -1.26. The number of hydrogen-bond donors (Lipinski definition) is 1. The van der Waals surface area contributed by atoms with Gasteiger partial charge in [0, 0.05) is 5.41 Å². The van der Waals surface area contributed by atoms with Crippen LogP contribution in [0.3, 0.4) is 0 Å². The maximum Gasteiger partial charge on any atom is 0.201 e. The van der Waals surface area contributed by atoms with Crippen LogP contribution < -0.4 is 0 Å². The summed E-state index contributed by atoms with van der Waals surface area (Å²) in [6, 6.07) is 7.59. The van der Waals surface area contributed by atoms with Crippen LogP contribution in [0, 0.1) is 0 Å². The van der Waals surface area contributed by atoms with Crippen LogP contribution in [0.25, 0.3) is 11.0 Å². The van der Waals surface area contributed by atoms with Gasteiger partial charge in [0.05, 0.1) is 22.7 Å². The molecule has 92 valence electrons. The van der Waals surface area contributed by atoms with E-state index in [1.807, 2.05) is 24.3 Å². The Hall–Kier alpha value is -1.62. The molecule has 0 saturated heterocycles. The Labute approximate surface area is 112 Å². The van der Waals surface area contributed by atoms with Gasteiger partial charge in [-0.2, -0.15) is 0 Å². The van der Waals surface area contributed by atoms with Crippen molar-refractivity contribution in [1.82, 2.24) is 9.97 Å². The molecule has 1 atom stereocenters. The van der Waals surface area contributed by atoms with Crippen LogP contribution >= 0.6 is 12.2 Å². The van der Waals surface area contributed by atoms with Crippen LogP contribution in [-0.2, 0) is 10.8 Å². The van der Waals surface area contributed by atoms with Gasteiger partial charge in [-0.3, -0.25) is 0 Å². The Kier molecular flexibility index (Phi) is 4.52. The summed E-state index contributed by atoms with van der Waals surface area (Å²) in [4.78, 5) is 11.1. The van der Waals surface area contributed by atoms with Gasteiger partial charge < -0.3 is 4.98 Å². The van der Waals surface area contributed by atoms with E-state index in [4.69, 9.17) is 0 Å². The van der Waals surface area contributed by atoms with E-state index in [1.54, 1.807) is 11.5 Å². The highest BCUT2D eigenvalue weighted by Crippen LogP contribution is 2.13. The Morgan fingerprint density at radius 1 is 1.50 bits per heavy atom. The first-order valence-corrected chi connectivity index (χ1v) is 6.99. The fourth-order valence-corrected chi connectivity index (χ4v) is 2.36. The lowest BCUT2D eigenvalue weighted by Gasteiger charge is -1.88. The molecule has 1 unspecified atom stereocenters. The monoisotopic (exact) mass is 277 g/mol. The van der Waals surface area contributed by atoms with Crippen molar-refractivity contribution in [1.29, 1.82) is 0 Å². The van der Waals surface area contributed by atoms with E-state index in [2.05, 4.69) is 32.3 Å². The molecule has 6 heteroatoms. The second kappa shape index (κ2) is 6.35. The van der Waals surface area contributed by atoms with Gasteiger partial charge in [-0.25, -0.2) is 14.2 Å². The lowest BCUT2D eigenvalue weighted by molar-refractivity contribution is 0.683. The Bertz CT molecular complexity index is 609. The van der Waals surface area contributed by atoms with E-state index in [0.29, 0.717) is 18.1 Å². The molecule has 1 aromatic heterocycles. The van der Waals surface area contributed by atoms with Gasteiger partial charge >= 0.3 is 0 Å². The molecule has 0 bridgehead atoms. The van der Waals surface area contributed by atoms with Gasteiger partial charge in [0.15, 0.2) is 0 Å². The van der Waals surface area contributed by atoms with E-state index < -0.39 is 10.8 Å². The van der Waals surface area contributed by atoms with Crippen LogP contribution in [-0.4, -0.2) is 25.9 Å². The minimum atomic E-state index is -1.26. The molecule has 0 aliphatic carbocycles. The van der Waals surface area contributed by atoms with E-state index in [9.17, 15) is 4.21 Å². The molecule has 0 saturated carbocycles. The number of aliphatic imine (C=N–C) groups is 1. The Balaban J connectivity index is 2.06. The van der Waals surface area contributed by atoms with Crippen molar-refractivity contribution >= 4 is 39.2 Å². The van der Waals surface area contributed by atoms with E-state index in [-0.39, 0.29) is 0 Å². The molecular formula is C12H11N3OS2. The molecule has 2 aromatic rings. The lowest BCUT2D eigenvalue weighted by Crippen LogP contribution is -1.89. The van der Waals surface area contributed by atoms with Crippen LogP contribution in [0.1, 0.15) is 6.42 Å². The molecular weight excluding hydrogens is 266 g/mol. The van der Waals surface area contributed by atoms with Crippen LogP contribution in [0.5, 0.6) is 0 Å². The normalized spacial score (nSPS) is 12.7. The molecule has 0 aliphatic heterocycles. The third-order valence-electron chi connectivity index (χ3n) is 2.25. The van der Waals surface area contributed by atoms with Gasteiger partial charge in [0.2, 0.25) is 5.16 Å². The molecule has 0 amide bonds. The molecule has 0 radical (unpaired) electrons. The lowest BCUT2D eigenvalue weighted by atomic mass is 10.3. The maximum atomic E-state index is 11.9. The van der Waals surface area contributed by atoms with Gasteiger partial charge in [-0.05, 0) is 30.8 Å². The number of hydrogen-bond acceptors (Lipinski definition) is 4. The number of rotatable bonds is 5. The fraction of sp³-hybridized carbons (Fsp3) is 0.167. The largest absolute Gasteiger partial charge is 0.331 e. The number of aromatic amines is 1. The quantitative estimate of drug-likeness (QED) is 0.519. The summed E-state index contributed by atoms with van der Waals surface area (Å²) in [5, 5.41) is 4.36. The number of H-pyrrole nitrogens is 1. The summed E-state index contributed by atoms with van der Waals surface area (Å²) < 4.78 is 11.9. The molecule has 1 aromatic carbocycles.